The van der Waals surface area contributed by atoms with E-state index in [4.69, 9.17) is 0 Å². The van der Waals surface area contributed by atoms with Gasteiger partial charge in [-0.05, 0) is 59.4 Å². The van der Waals surface area contributed by atoms with Crippen LogP contribution < -0.4 is 0 Å². The molecule has 8 heteroatoms. The van der Waals surface area contributed by atoms with Crippen LogP contribution in [0.4, 0.5) is 0 Å². The van der Waals surface area contributed by atoms with Crippen LogP contribution in [0.25, 0.3) is 21.9 Å². The molecule has 0 radical (unpaired) electrons. The Hall–Kier alpha value is -3.36. The van der Waals surface area contributed by atoms with Crippen molar-refractivity contribution >= 4 is 31.4 Å². The summed E-state index contributed by atoms with van der Waals surface area (Å²) in [6.45, 7) is 13.4. The lowest BCUT2D eigenvalue weighted by Gasteiger charge is -2.17. The van der Waals surface area contributed by atoms with Gasteiger partial charge < -0.3 is 8.57 Å². The molecule has 4 aromatic rings. The molecule has 0 spiro atoms. The van der Waals surface area contributed by atoms with Crippen molar-refractivity contribution in [1.29, 1.82) is 0 Å². The predicted molar refractivity (Wildman–Crippen MR) is 341 cm³/mol. The standard InChI is InChI=1S/2C13H28.C12H10.C10H8.2C3H9NO2S.C3H8.6CH4/c2*1-3-5-7-9-11-13-12-10-8-6-4-2;1-3-7-11(8-4-1)12-9-5-2-6-10-12;1-2-6-10-8-4-3-7-9(10)5-1;2*1-7(2,3)6-4-5;1-3-2;;;;;;/h2*3-13H2,1-2H3;1-10H;1-8H;2*1-3H3;3H2,1-2H3;6*1H4. The second-order valence-electron chi connectivity index (χ2n) is 17.9. The van der Waals surface area contributed by atoms with Crippen LogP contribution in [0.5, 0.6) is 0 Å². The maximum Gasteiger partial charge on any atom is 0.166 e. The van der Waals surface area contributed by atoms with Crippen molar-refractivity contribution in [3.8, 4) is 11.1 Å². The Balaban J connectivity index is -0.0000000914. The van der Waals surface area contributed by atoms with Gasteiger partial charge in [0.25, 0.3) is 0 Å². The highest BCUT2D eigenvalue weighted by Gasteiger charge is 2.02. The van der Waals surface area contributed by atoms with Crippen molar-refractivity contribution in [1.82, 2.24) is 0 Å². The van der Waals surface area contributed by atoms with Gasteiger partial charge in [-0.3, -0.25) is 0 Å². The average molecular weight is 1040 g/mol. The van der Waals surface area contributed by atoms with E-state index >= 15 is 0 Å². The molecule has 0 unspecified atom stereocenters. The third-order valence-corrected chi connectivity index (χ3v) is 10.5. The number of rotatable bonds is 25. The van der Waals surface area contributed by atoms with Crippen LogP contribution >= 0.6 is 20.6 Å². The summed E-state index contributed by atoms with van der Waals surface area (Å²) in [6.07, 6.45) is 44.2. The second-order valence-corrected chi connectivity index (χ2v) is 25.1. The molecule has 0 fully saturated rings. The maximum atomic E-state index is 9.37. The molecule has 422 valence electrons. The fourth-order valence-corrected chi connectivity index (χ4v) is 6.42. The van der Waals surface area contributed by atoms with Crippen LogP contribution in [0.1, 0.15) is 234 Å². The Morgan fingerprint density at radius 1 is 0.310 bits per heavy atom. The van der Waals surface area contributed by atoms with Crippen LogP contribution in [0.15, 0.2) is 120 Å². The lowest BCUT2D eigenvalue weighted by molar-refractivity contribution is 0.384. The molecule has 0 saturated heterocycles. The minimum absolute atomic E-state index is 0. The number of nitrogens with zero attached hydrogens (tertiary/aromatic N) is 2. The molecule has 0 atom stereocenters. The number of hydrogen-bond acceptors (Lipinski definition) is 6. The first kappa shape index (κ1) is 87.4. The van der Waals surface area contributed by atoms with Crippen LogP contribution in [0, 0.1) is 9.81 Å². The van der Waals surface area contributed by atoms with E-state index in [1.165, 1.54) is 170 Å². The summed E-state index contributed by atoms with van der Waals surface area (Å²) in [5.74, 6) is 0. The summed E-state index contributed by atoms with van der Waals surface area (Å²) in [6, 6.07) is 37.5. The zero-order valence-electron chi connectivity index (χ0n) is 44.0. The molecule has 71 heavy (non-hydrogen) atoms. The topological polar surface area (TPSA) is 77.3 Å². The van der Waals surface area contributed by atoms with Crippen molar-refractivity contribution < 1.29 is 8.57 Å². The van der Waals surface area contributed by atoms with Crippen molar-refractivity contribution in [3.05, 3.63) is 119 Å². The van der Waals surface area contributed by atoms with Crippen molar-refractivity contribution in [2.45, 2.75) is 234 Å². The normalized spacial score (nSPS) is 9.75. The van der Waals surface area contributed by atoms with Gasteiger partial charge in [0.15, 0.2) is 10.7 Å². The Labute approximate surface area is 449 Å². The van der Waals surface area contributed by atoms with Crippen LogP contribution in [0.3, 0.4) is 0 Å². The second kappa shape index (κ2) is 66.6. The van der Waals surface area contributed by atoms with Gasteiger partial charge in [0.2, 0.25) is 0 Å². The van der Waals surface area contributed by atoms with Gasteiger partial charge in [0, 0.05) is 0 Å². The summed E-state index contributed by atoms with van der Waals surface area (Å²) in [5.41, 5.74) is 2.55. The molecular weight excluding hydrogens is 913 g/mol. The predicted octanol–water partition coefficient (Wildman–Crippen LogP) is 24.6. The average Bonchev–Trinajstić information content (AvgIpc) is 3.29. The highest BCUT2D eigenvalue weighted by atomic mass is 32.3. The minimum atomic E-state index is -1.15. The smallest absolute Gasteiger partial charge is 0.166 e. The van der Waals surface area contributed by atoms with Gasteiger partial charge >= 0.3 is 0 Å². The third kappa shape index (κ3) is 71.0. The molecule has 0 bridgehead atoms. The molecule has 0 saturated carbocycles. The van der Waals surface area contributed by atoms with Gasteiger partial charge in [-0.25, -0.2) is 0 Å². The number of unbranched alkanes of at least 4 members (excludes halogenated alkanes) is 20. The summed E-state index contributed by atoms with van der Waals surface area (Å²) in [5, 5.41) is 7.21. The zero-order valence-corrected chi connectivity index (χ0v) is 45.6. The fraction of sp³-hybridized carbons (Fsp3) is 0.651. The van der Waals surface area contributed by atoms with Crippen molar-refractivity contribution in [3.63, 3.8) is 0 Å². The van der Waals surface area contributed by atoms with Gasteiger partial charge in [-0.2, -0.15) is 0 Å². The molecule has 0 aliphatic heterocycles. The number of benzene rings is 4. The summed E-state index contributed by atoms with van der Waals surface area (Å²) >= 11 is 0. The summed E-state index contributed by atoms with van der Waals surface area (Å²) in [4.78, 5) is 18.7. The lowest BCUT2D eigenvalue weighted by Crippen LogP contribution is -1.90. The molecule has 4 aromatic carbocycles. The zero-order chi connectivity index (χ0) is 49.1. The highest BCUT2D eigenvalue weighted by Crippen LogP contribution is 2.36. The van der Waals surface area contributed by atoms with E-state index in [0.717, 1.165) is 0 Å². The van der Waals surface area contributed by atoms with E-state index in [9.17, 15) is 9.81 Å². The first-order chi connectivity index (χ1) is 31.3. The van der Waals surface area contributed by atoms with E-state index in [1.54, 1.807) is 0 Å². The van der Waals surface area contributed by atoms with Gasteiger partial charge in [0.1, 0.15) is 0 Å². The van der Waals surface area contributed by atoms with Gasteiger partial charge in [-0.15, -0.1) is 9.81 Å². The Bertz CT molecular complexity index is 1370. The highest BCUT2D eigenvalue weighted by molar-refractivity contribution is 8.28. The lowest BCUT2D eigenvalue weighted by atomic mass is 10.1. The molecular formula is C63H124N2O4S2. The molecule has 0 heterocycles. The van der Waals surface area contributed by atoms with Gasteiger partial charge in [-0.1, -0.05) is 364 Å². The Morgan fingerprint density at radius 2 is 0.479 bits per heavy atom. The molecule has 0 aromatic heterocycles. The van der Waals surface area contributed by atoms with E-state index in [2.05, 4.69) is 158 Å². The van der Waals surface area contributed by atoms with Gasteiger partial charge in [0.05, 0.1) is 0 Å². The number of fused-ring (bicyclic) bond motifs is 1. The summed E-state index contributed by atoms with van der Waals surface area (Å²) < 4.78 is 8.76. The first-order valence-electron chi connectivity index (χ1n) is 25.2. The van der Waals surface area contributed by atoms with Crippen molar-refractivity contribution in [2.24, 2.45) is 10.7 Å². The maximum absolute atomic E-state index is 9.37. The molecule has 0 aliphatic carbocycles. The minimum Gasteiger partial charge on any atom is -0.313 e. The monoisotopic (exact) mass is 1040 g/mol. The first-order valence-corrected chi connectivity index (χ1v) is 30.8. The molecule has 0 aliphatic rings. The van der Waals surface area contributed by atoms with E-state index < -0.39 is 20.6 Å². The third-order valence-electron chi connectivity index (χ3n) is 9.46. The Morgan fingerprint density at radius 3 is 0.620 bits per heavy atom. The van der Waals surface area contributed by atoms with Crippen molar-refractivity contribution in [2.75, 3.05) is 37.5 Å². The van der Waals surface area contributed by atoms with Crippen LogP contribution in [-0.2, 0) is 8.57 Å². The quantitative estimate of drug-likeness (QED) is 0.0376. The van der Waals surface area contributed by atoms with Crippen LogP contribution in [-0.4, -0.2) is 37.5 Å². The fourth-order valence-electron chi connectivity index (χ4n) is 6.05. The van der Waals surface area contributed by atoms with E-state index in [1.807, 2.05) is 49.7 Å². The molecule has 4 rings (SSSR count). The van der Waals surface area contributed by atoms with E-state index in [0.29, 0.717) is 0 Å². The largest absolute Gasteiger partial charge is 0.313 e. The number of hydrogen-bond donors (Lipinski definition) is 0. The SMILES string of the molecule is C.C.C.C.C.C.CCC.CCCCCCCCCCCCC.CCCCCCCCCCCCC.CS(C)(C)ON=O.CS(C)(C)ON=O.c1ccc(-c2ccccc2)cc1.c1ccc2ccccc2c1. The van der Waals surface area contributed by atoms with E-state index in [-0.39, 0.29) is 44.6 Å². The summed E-state index contributed by atoms with van der Waals surface area (Å²) in [7, 11) is -2.31. The molecule has 6 nitrogen and oxygen atoms in total. The van der Waals surface area contributed by atoms with Crippen LogP contribution in [0.2, 0.25) is 0 Å². The molecule has 0 amide bonds. The Kier molecular flexibility index (Phi) is 82.0. The molecule has 0 N–H and O–H groups in total.